The van der Waals surface area contributed by atoms with Gasteiger partial charge in [-0.3, -0.25) is 0 Å². The first kappa shape index (κ1) is 30.2. The standard InChI is InChI=1S/C48H44O/c1-46(2)24-25-47(3,4)42-29-44-38(28-41(42)46)37-26-31(21-23-43(37)49-44)45(36-18-11-10-16-33(36)30-14-8-7-9-15-30)32-20-22-35-34-17-12-13-19-39(34)48(5,6)40(35)27-32/h7-23,26-29,45H,24-25H2,1-6H3. The molecule has 0 bridgehead atoms. The van der Waals surface area contributed by atoms with Crippen molar-refractivity contribution in [3.8, 4) is 22.3 Å². The molecule has 1 nitrogen and oxygen atoms in total. The van der Waals surface area contributed by atoms with Crippen molar-refractivity contribution in [2.24, 2.45) is 0 Å². The Kier molecular flexibility index (Phi) is 6.51. The van der Waals surface area contributed by atoms with E-state index >= 15 is 0 Å². The Morgan fingerprint density at radius 3 is 1.84 bits per heavy atom. The molecule has 1 atom stereocenters. The fourth-order valence-electron chi connectivity index (χ4n) is 9.12. The first-order valence-corrected chi connectivity index (χ1v) is 17.9. The molecule has 7 aromatic rings. The van der Waals surface area contributed by atoms with Crippen molar-refractivity contribution in [2.75, 3.05) is 0 Å². The molecular formula is C48H44O. The van der Waals surface area contributed by atoms with E-state index in [1.165, 1.54) is 84.8 Å². The van der Waals surface area contributed by atoms with E-state index in [4.69, 9.17) is 4.42 Å². The highest BCUT2D eigenvalue weighted by atomic mass is 16.3. The zero-order valence-electron chi connectivity index (χ0n) is 29.5. The normalized spacial score (nSPS) is 17.4. The second kappa shape index (κ2) is 10.6. The minimum Gasteiger partial charge on any atom is -0.456 e. The molecule has 0 N–H and O–H groups in total. The molecule has 0 fully saturated rings. The van der Waals surface area contributed by atoms with Crippen molar-refractivity contribution in [3.05, 3.63) is 166 Å². The van der Waals surface area contributed by atoms with Crippen molar-refractivity contribution in [2.45, 2.75) is 76.5 Å². The monoisotopic (exact) mass is 636 g/mol. The summed E-state index contributed by atoms with van der Waals surface area (Å²) < 4.78 is 6.64. The molecule has 0 amide bonds. The second-order valence-corrected chi connectivity index (χ2v) is 16.4. The summed E-state index contributed by atoms with van der Waals surface area (Å²) in [6.45, 7) is 14.3. The molecule has 2 aliphatic rings. The molecule has 0 saturated carbocycles. The third-order valence-corrected chi connectivity index (χ3v) is 12.1. The summed E-state index contributed by atoms with van der Waals surface area (Å²) in [5.74, 6) is 0.0311. The summed E-state index contributed by atoms with van der Waals surface area (Å²) in [7, 11) is 0. The summed E-state index contributed by atoms with van der Waals surface area (Å²) in [5, 5.41) is 2.42. The molecule has 49 heavy (non-hydrogen) atoms. The fraction of sp³-hybridized carbons (Fsp3) is 0.250. The van der Waals surface area contributed by atoms with Gasteiger partial charge in [-0.15, -0.1) is 0 Å². The highest BCUT2D eigenvalue weighted by Crippen LogP contribution is 2.51. The molecule has 2 aliphatic carbocycles. The molecule has 1 heterocycles. The summed E-state index contributed by atoms with van der Waals surface area (Å²) in [4.78, 5) is 0. The molecule has 242 valence electrons. The number of hydrogen-bond acceptors (Lipinski definition) is 1. The molecule has 0 spiro atoms. The van der Waals surface area contributed by atoms with Crippen LogP contribution < -0.4 is 0 Å². The maximum atomic E-state index is 6.64. The van der Waals surface area contributed by atoms with Crippen LogP contribution in [-0.2, 0) is 16.2 Å². The van der Waals surface area contributed by atoms with Crippen LogP contribution in [-0.4, -0.2) is 0 Å². The molecular weight excluding hydrogens is 593 g/mol. The van der Waals surface area contributed by atoms with Crippen LogP contribution in [0.25, 0.3) is 44.2 Å². The smallest absolute Gasteiger partial charge is 0.135 e. The Morgan fingerprint density at radius 2 is 1.06 bits per heavy atom. The average molecular weight is 637 g/mol. The van der Waals surface area contributed by atoms with Gasteiger partial charge in [0.2, 0.25) is 0 Å². The van der Waals surface area contributed by atoms with Crippen molar-refractivity contribution < 1.29 is 4.42 Å². The lowest BCUT2D eigenvalue weighted by Crippen LogP contribution is -2.33. The van der Waals surface area contributed by atoms with Crippen LogP contribution >= 0.6 is 0 Å². The minimum absolute atomic E-state index is 0.0311. The third kappa shape index (κ3) is 4.58. The average Bonchev–Trinajstić information content (AvgIpc) is 3.58. The Balaban J connectivity index is 1.28. The largest absolute Gasteiger partial charge is 0.456 e. The Hall–Kier alpha value is -4.88. The van der Waals surface area contributed by atoms with Gasteiger partial charge in [0.25, 0.3) is 0 Å². The molecule has 0 saturated heterocycles. The van der Waals surface area contributed by atoms with Crippen LogP contribution in [0.4, 0.5) is 0 Å². The topological polar surface area (TPSA) is 13.1 Å². The lowest BCUT2D eigenvalue weighted by molar-refractivity contribution is 0.332. The van der Waals surface area contributed by atoms with Gasteiger partial charge in [0.05, 0.1) is 0 Å². The van der Waals surface area contributed by atoms with Gasteiger partial charge in [-0.2, -0.15) is 0 Å². The van der Waals surface area contributed by atoms with Gasteiger partial charge in [0.1, 0.15) is 11.2 Å². The zero-order chi connectivity index (χ0) is 33.7. The maximum absolute atomic E-state index is 6.64. The van der Waals surface area contributed by atoms with Gasteiger partial charge >= 0.3 is 0 Å². The summed E-state index contributed by atoms with van der Waals surface area (Å²) >= 11 is 0. The maximum Gasteiger partial charge on any atom is 0.135 e. The van der Waals surface area contributed by atoms with E-state index < -0.39 is 0 Å². The zero-order valence-corrected chi connectivity index (χ0v) is 29.5. The number of furan rings is 1. The predicted molar refractivity (Wildman–Crippen MR) is 206 cm³/mol. The van der Waals surface area contributed by atoms with E-state index in [2.05, 4.69) is 169 Å². The predicted octanol–water partition coefficient (Wildman–Crippen LogP) is 13.1. The quantitative estimate of drug-likeness (QED) is 0.175. The van der Waals surface area contributed by atoms with Gasteiger partial charge in [0.15, 0.2) is 0 Å². The van der Waals surface area contributed by atoms with Gasteiger partial charge in [-0.1, -0.05) is 145 Å². The van der Waals surface area contributed by atoms with Crippen LogP contribution in [0.5, 0.6) is 0 Å². The van der Waals surface area contributed by atoms with Gasteiger partial charge in [0, 0.05) is 22.1 Å². The van der Waals surface area contributed by atoms with E-state index in [0.29, 0.717) is 0 Å². The van der Waals surface area contributed by atoms with Crippen LogP contribution in [0, 0.1) is 0 Å². The molecule has 1 unspecified atom stereocenters. The van der Waals surface area contributed by atoms with Crippen molar-refractivity contribution in [1.29, 1.82) is 0 Å². The van der Waals surface area contributed by atoms with E-state index in [-0.39, 0.29) is 22.2 Å². The minimum atomic E-state index is -0.0736. The molecule has 1 aromatic heterocycles. The van der Waals surface area contributed by atoms with Gasteiger partial charge in [-0.25, -0.2) is 0 Å². The van der Waals surface area contributed by atoms with Crippen molar-refractivity contribution >= 4 is 21.9 Å². The number of hydrogen-bond donors (Lipinski definition) is 0. The Bertz CT molecular complexity index is 2420. The first-order chi connectivity index (χ1) is 23.5. The van der Waals surface area contributed by atoms with Gasteiger partial charge < -0.3 is 4.42 Å². The third-order valence-electron chi connectivity index (χ3n) is 12.1. The van der Waals surface area contributed by atoms with Crippen LogP contribution in [0.3, 0.4) is 0 Å². The molecule has 6 aromatic carbocycles. The van der Waals surface area contributed by atoms with Crippen molar-refractivity contribution in [1.82, 2.24) is 0 Å². The van der Waals surface area contributed by atoms with E-state index in [9.17, 15) is 0 Å². The summed E-state index contributed by atoms with van der Waals surface area (Å²) in [5.41, 5.74) is 17.0. The summed E-state index contributed by atoms with van der Waals surface area (Å²) in [6, 6.07) is 47.8. The number of rotatable bonds is 4. The molecule has 9 rings (SSSR count). The Labute approximate surface area is 290 Å². The highest BCUT2D eigenvalue weighted by molar-refractivity contribution is 6.06. The second-order valence-electron chi connectivity index (χ2n) is 16.4. The molecule has 0 aliphatic heterocycles. The lowest BCUT2D eigenvalue weighted by atomic mass is 9.63. The molecule has 0 radical (unpaired) electrons. The van der Waals surface area contributed by atoms with Gasteiger partial charge in [-0.05, 0) is 109 Å². The van der Waals surface area contributed by atoms with Crippen molar-refractivity contribution in [3.63, 3.8) is 0 Å². The number of fused-ring (bicyclic) bond motifs is 7. The highest BCUT2D eigenvalue weighted by Gasteiger charge is 2.38. The van der Waals surface area contributed by atoms with Crippen LogP contribution in [0.1, 0.15) is 99.2 Å². The first-order valence-electron chi connectivity index (χ1n) is 17.9. The molecule has 1 heteroatoms. The Morgan fingerprint density at radius 1 is 0.469 bits per heavy atom. The SMILES string of the molecule is CC1(C)CCC(C)(C)c2cc3c(cc21)oc1ccc(C(c2ccc4c(c2)C(C)(C)c2ccccc2-4)c2ccccc2-c2ccccc2)cc13. The van der Waals surface area contributed by atoms with Crippen LogP contribution in [0.2, 0.25) is 0 Å². The number of benzene rings is 6. The summed E-state index contributed by atoms with van der Waals surface area (Å²) in [6.07, 6.45) is 2.38. The lowest BCUT2D eigenvalue weighted by Gasteiger charge is -2.41. The van der Waals surface area contributed by atoms with E-state index in [1.54, 1.807) is 0 Å². The fourth-order valence-corrected chi connectivity index (χ4v) is 9.12. The van der Waals surface area contributed by atoms with Crippen LogP contribution in [0.15, 0.2) is 132 Å². The van der Waals surface area contributed by atoms with E-state index in [1.807, 2.05) is 0 Å². The van der Waals surface area contributed by atoms with E-state index in [0.717, 1.165) is 11.2 Å².